The van der Waals surface area contributed by atoms with Crippen LogP contribution in [-0.4, -0.2) is 59.5 Å². The predicted octanol–water partition coefficient (Wildman–Crippen LogP) is 2.46. The van der Waals surface area contributed by atoms with Gasteiger partial charge in [0.2, 0.25) is 17.7 Å². The molecule has 7 heteroatoms. The van der Waals surface area contributed by atoms with Crippen LogP contribution in [0.1, 0.15) is 57.4 Å². The molecule has 2 atom stereocenters. The number of nitrogens with zero attached hydrogens (tertiary/aromatic N) is 2. The summed E-state index contributed by atoms with van der Waals surface area (Å²) in [7, 11) is 1.57. The van der Waals surface area contributed by atoms with Crippen molar-refractivity contribution in [2.45, 2.75) is 63.3 Å². The number of carbonyl (C=O) groups excluding carboxylic acids is 4. The minimum absolute atomic E-state index is 0.00552. The van der Waals surface area contributed by atoms with Crippen LogP contribution in [0.15, 0.2) is 24.3 Å². The number of amides is 3. The molecule has 2 heterocycles. The number of imide groups is 1. The number of carbonyl (C=O) groups is 4. The molecule has 1 aromatic rings. The maximum absolute atomic E-state index is 13.6. The second kappa shape index (κ2) is 8.44. The first-order valence-electron chi connectivity index (χ1n) is 11.2. The first-order valence-corrected chi connectivity index (χ1v) is 11.2. The van der Waals surface area contributed by atoms with E-state index in [1.807, 2.05) is 6.92 Å². The number of hydrogen-bond acceptors (Lipinski definition) is 5. The van der Waals surface area contributed by atoms with Crippen LogP contribution in [0.5, 0.6) is 5.75 Å². The Balaban J connectivity index is 1.62. The van der Waals surface area contributed by atoms with E-state index in [1.165, 1.54) is 4.90 Å². The number of ether oxygens (including phenoxy) is 1. The fraction of sp³-hybridized carbons (Fsp3) is 0.583. The van der Waals surface area contributed by atoms with Crippen molar-refractivity contribution in [3.8, 4) is 5.75 Å². The first kappa shape index (κ1) is 21.5. The number of Topliss-reactive ketones (excluding diaryl/α,β-unsaturated/α-hetero) is 1. The summed E-state index contributed by atoms with van der Waals surface area (Å²) in [5.41, 5.74) is -0.522. The summed E-state index contributed by atoms with van der Waals surface area (Å²) >= 11 is 0. The van der Waals surface area contributed by atoms with Crippen LogP contribution in [0.25, 0.3) is 0 Å². The van der Waals surface area contributed by atoms with Crippen LogP contribution in [-0.2, 0) is 24.6 Å². The first-order chi connectivity index (χ1) is 14.9. The monoisotopic (exact) mass is 426 g/mol. The third-order valence-electron chi connectivity index (χ3n) is 6.94. The minimum Gasteiger partial charge on any atom is -0.497 e. The zero-order valence-electron chi connectivity index (χ0n) is 18.3. The second-order valence-electron chi connectivity index (χ2n) is 8.96. The van der Waals surface area contributed by atoms with Gasteiger partial charge in [-0.15, -0.1) is 0 Å². The van der Waals surface area contributed by atoms with Crippen LogP contribution in [0, 0.1) is 5.92 Å². The van der Waals surface area contributed by atoms with Gasteiger partial charge in [-0.2, -0.15) is 0 Å². The van der Waals surface area contributed by atoms with E-state index in [0.717, 1.165) is 25.7 Å². The molecule has 7 nitrogen and oxygen atoms in total. The van der Waals surface area contributed by atoms with Gasteiger partial charge in [0.25, 0.3) is 0 Å². The molecule has 0 N–H and O–H groups in total. The summed E-state index contributed by atoms with van der Waals surface area (Å²) in [4.78, 5) is 55.0. The molecule has 1 aliphatic carbocycles. The Labute approximate surface area is 182 Å². The maximum Gasteiger partial charge on any atom is 0.241 e. The van der Waals surface area contributed by atoms with Gasteiger partial charge in [0.15, 0.2) is 0 Å². The van der Waals surface area contributed by atoms with E-state index in [2.05, 4.69) is 0 Å². The van der Waals surface area contributed by atoms with Crippen LogP contribution in [0.3, 0.4) is 0 Å². The van der Waals surface area contributed by atoms with Gasteiger partial charge in [-0.25, -0.2) is 0 Å². The molecular formula is C24H30N2O5. The van der Waals surface area contributed by atoms with Crippen LogP contribution in [0.2, 0.25) is 0 Å². The number of methoxy groups -OCH3 is 1. The van der Waals surface area contributed by atoms with Crippen LogP contribution in [0.4, 0.5) is 0 Å². The fourth-order valence-corrected chi connectivity index (χ4v) is 4.97. The smallest absolute Gasteiger partial charge is 0.241 e. The van der Waals surface area contributed by atoms with Gasteiger partial charge in [-0.05, 0) is 43.4 Å². The summed E-state index contributed by atoms with van der Waals surface area (Å²) in [6.45, 7) is 2.83. The van der Waals surface area contributed by atoms with Gasteiger partial charge < -0.3 is 9.64 Å². The van der Waals surface area contributed by atoms with Crippen molar-refractivity contribution in [3.05, 3.63) is 29.8 Å². The molecule has 166 valence electrons. The molecule has 31 heavy (non-hydrogen) atoms. The Hall–Kier alpha value is -2.70. The van der Waals surface area contributed by atoms with Gasteiger partial charge in [0.05, 0.1) is 12.5 Å². The third-order valence-corrected chi connectivity index (χ3v) is 6.94. The van der Waals surface area contributed by atoms with Crippen LogP contribution >= 0.6 is 0 Å². The normalized spacial score (nSPS) is 26.3. The molecule has 0 aromatic heterocycles. The number of ketones is 1. The Morgan fingerprint density at radius 3 is 2.45 bits per heavy atom. The van der Waals surface area contributed by atoms with Crippen molar-refractivity contribution < 1.29 is 23.9 Å². The lowest BCUT2D eigenvalue weighted by Gasteiger charge is -2.35. The number of rotatable bonds is 7. The zero-order valence-corrected chi connectivity index (χ0v) is 18.3. The van der Waals surface area contributed by atoms with Crippen molar-refractivity contribution in [2.75, 3.05) is 20.2 Å². The Morgan fingerprint density at radius 2 is 1.84 bits per heavy atom. The molecule has 0 spiro atoms. The third kappa shape index (κ3) is 3.98. The Kier molecular flexibility index (Phi) is 5.86. The average Bonchev–Trinajstić information content (AvgIpc) is 3.59. The largest absolute Gasteiger partial charge is 0.497 e. The summed E-state index contributed by atoms with van der Waals surface area (Å²) in [6, 6.07) is 7.06. The van der Waals surface area contributed by atoms with E-state index in [-0.39, 0.29) is 48.3 Å². The van der Waals surface area contributed by atoms with Crippen LogP contribution < -0.4 is 4.74 Å². The van der Waals surface area contributed by atoms with Crippen molar-refractivity contribution in [3.63, 3.8) is 0 Å². The highest BCUT2D eigenvalue weighted by Crippen LogP contribution is 2.45. The molecule has 0 radical (unpaired) electrons. The lowest BCUT2D eigenvalue weighted by Crippen LogP contribution is -2.47. The van der Waals surface area contributed by atoms with E-state index < -0.39 is 5.41 Å². The van der Waals surface area contributed by atoms with Gasteiger partial charge in [0, 0.05) is 44.3 Å². The fourth-order valence-electron chi connectivity index (χ4n) is 4.97. The zero-order chi connectivity index (χ0) is 22.2. The summed E-state index contributed by atoms with van der Waals surface area (Å²) in [5, 5.41) is 0. The Morgan fingerprint density at radius 1 is 1.13 bits per heavy atom. The topological polar surface area (TPSA) is 84.0 Å². The summed E-state index contributed by atoms with van der Waals surface area (Å²) in [6.07, 6.45) is 3.65. The van der Waals surface area contributed by atoms with Gasteiger partial charge in [0.1, 0.15) is 11.5 Å². The molecule has 1 saturated carbocycles. The van der Waals surface area contributed by atoms with E-state index in [1.54, 1.807) is 36.3 Å². The molecule has 4 rings (SSSR count). The predicted molar refractivity (Wildman–Crippen MR) is 113 cm³/mol. The van der Waals surface area contributed by atoms with E-state index in [0.29, 0.717) is 30.8 Å². The van der Waals surface area contributed by atoms with Gasteiger partial charge in [-0.1, -0.05) is 19.1 Å². The SMILES string of the molecule is CCC(=O)[C@@H]1CCCN(C(=O)C[C@@]2(c3ccc(OC)cc3)CC(=O)N(C3CC3)C2=O)C1. The number of hydrogen-bond donors (Lipinski definition) is 0. The standard InChI is InChI=1S/C24H30N2O5/c1-3-20(27)16-5-4-12-25(15-16)21(28)13-24(17-6-10-19(31-2)11-7-17)14-22(29)26(23(24)30)18-8-9-18/h6-7,10-11,16,18H,3-5,8-9,12-15H2,1-2H3/t16-,24+/m1/s1. The van der Waals surface area contributed by atoms with Crippen molar-refractivity contribution >= 4 is 23.5 Å². The second-order valence-corrected chi connectivity index (χ2v) is 8.96. The highest BCUT2D eigenvalue weighted by Gasteiger charge is 2.57. The minimum atomic E-state index is -1.19. The number of piperidine rings is 1. The average molecular weight is 427 g/mol. The molecule has 2 aliphatic heterocycles. The molecule has 3 aliphatic rings. The van der Waals surface area contributed by atoms with Crippen molar-refractivity contribution in [1.82, 2.24) is 9.80 Å². The quantitative estimate of drug-likeness (QED) is 0.626. The molecular weight excluding hydrogens is 396 g/mol. The van der Waals surface area contributed by atoms with Crippen molar-refractivity contribution in [2.24, 2.45) is 5.92 Å². The molecule has 3 amide bonds. The molecule has 0 unspecified atom stereocenters. The highest BCUT2D eigenvalue weighted by atomic mass is 16.5. The van der Waals surface area contributed by atoms with Gasteiger partial charge >= 0.3 is 0 Å². The lowest BCUT2D eigenvalue weighted by atomic mass is 9.75. The number of likely N-dealkylation sites (tertiary alicyclic amines) is 2. The summed E-state index contributed by atoms with van der Waals surface area (Å²) < 4.78 is 5.23. The lowest BCUT2D eigenvalue weighted by molar-refractivity contribution is -0.144. The van der Waals surface area contributed by atoms with E-state index >= 15 is 0 Å². The summed E-state index contributed by atoms with van der Waals surface area (Å²) in [5.74, 6) is 0.0598. The molecule has 3 fully saturated rings. The molecule has 0 bridgehead atoms. The maximum atomic E-state index is 13.6. The molecule has 2 saturated heterocycles. The van der Waals surface area contributed by atoms with E-state index in [9.17, 15) is 19.2 Å². The van der Waals surface area contributed by atoms with Crippen molar-refractivity contribution in [1.29, 1.82) is 0 Å². The van der Waals surface area contributed by atoms with E-state index in [4.69, 9.17) is 4.74 Å². The Bertz CT molecular complexity index is 892. The molecule has 1 aromatic carbocycles. The van der Waals surface area contributed by atoms with Gasteiger partial charge in [-0.3, -0.25) is 24.1 Å². The highest BCUT2D eigenvalue weighted by molar-refractivity contribution is 6.11. The number of benzene rings is 1.